The Balaban J connectivity index is 1.01. The molecule has 2 fully saturated rings. The van der Waals surface area contributed by atoms with Gasteiger partial charge in [-0.05, 0) is 61.4 Å². The lowest BCUT2D eigenvalue weighted by Gasteiger charge is -2.37. The molecule has 36 heavy (non-hydrogen) atoms. The van der Waals surface area contributed by atoms with Crippen molar-refractivity contribution in [2.45, 2.75) is 32.2 Å². The summed E-state index contributed by atoms with van der Waals surface area (Å²) in [4.78, 5) is 21.2. The highest BCUT2D eigenvalue weighted by atomic mass is 16.2. The molecule has 0 spiro atoms. The van der Waals surface area contributed by atoms with Gasteiger partial charge >= 0.3 is 0 Å². The maximum atomic E-state index is 12.8. The summed E-state index contributed by atoms with van der Waals surface area (Å²) in [5.74, 6) is 0.916. The summed E-state index contributed by atoms with van der Waals surface area (Å²) >= 11 is 0. The molecule has 0 bridgehead atoms. The highest BCUT2D eigenvalue weighted by Crippen LogP contribution is 2.21. The number of hydrogen-bond donors (Lipinski definition) is 1. The number of carbonyl (C=O) groups excluding carboxylic acids is 1. The van der Waals surface area contributed by atoms with E-state index in [9.17, 15) is 4.79 Å². The monoisotopic (exact) mass is 488 g/mol. The van der Waals surface area contributed by atoms with Crippen LogP contribution in [0.2, 0.25) is 0 Å². The second-order valence-electron chi connectivity index (χ2n) is 9.89. The lowest BCUT2D eigenvalue weighted by Crippen LogP contribution is -2.48. The van der Waals surface area contributed by atoms with Crippen molar-refractivity contribution < 1.29 is 4.79 Å². The summed E-state index contributed by atoms with van der Waals surface area (Å²) < 4.78 is 0. The van der Waals surface area contributed by atoms with Crippen molar-refractivity contribution in [3.8, 4) is 11.4 Å². The van der Waals surface area contributed by atoms with Gasteiger partial charge in [-0.2, -0.15) is 4.80 Å². The summed E-state index contributed by atoms with van der Waals surface area (Å²) in [5.41, 5.74) is 4.62. The summed E-state index contributed by atoms with van der Waals surface area (Å²) in [6.07, 6.45) is 2.55. The molecule has 0 saturated carbocycles. The summed E-state index contributed by atoms with van der Waals surface area (Å²) in [7, 11) is 1.76. The molecule has 2 aliphatic heterocycles. The maximum absolute atomic E-state index is 12.8. The van der Waals surface area contributed by atoms with E-state index in [-0.39, 0.29) is 5.91 Å². The van der Waals surface area contributed by atoms with Gasteiger partial charge in [0.25, 0.3) is 0 Å². The summed E-state index contributed by atoms with van der Waals surface area (Å²) in [5, 5.41) is 15.8. The zero-order chi connectivity index (χ0) is 24.9. The average molecular weight is 489 g/mol. The molecule has 1 N–H and O–H groups in total. The first-order valence-electron chi connectivity index (χ1n) is 13.0. The molecule has 0 radical (unpaired) electrons. The predicted molar refractivity (Wildman–Crippen MR) is 142 cm³/mol. The smallest absolute Gasteiger partial charge is 0.223 e. The largest absolute Gasteiger partial charge is 0.382 e. The van der Waals surface area contributed by atoms with Crippen LogP contribution < -0.4 is 10.2 Å². The van der Waals surface area contributed by atoms with E-state index in [4.69, 9.17) is 0 Å². The standard InChI is InChI=1S/C27H36N8O/c1-21-3-9-25(10-4-21)34-19-17-33(18-20-34)14-13-26(36)35-15-11-24(12-16-35)28-23-7-5-22(6-8-23)27-29-31-32(2)30-27/h3-10,24,28H,11-20H2,1-2H3. The Bertz CT molecular complexity index is 1130. The number of benzene rings is 2. The molecule has 2 aromatic carbocycles. The fourth-order valence-electron chi connectivity index (χ4n) is 5.02. The lowest BCUT2D eigenvalue weighted by molar-refractivity contribution is -0.132. The number of likely N-dealkylation sites (tertiary alicyclic amines) is 1. The number of piperidine rings is 1. The van der Waals surface area contributed by atoms with Crippen LogP contribution in [0, 0.1) is 6.92 Å². The Morgan fingerprint density at radius 3 is 2.28 bits per heavy atom. The van der Waals surface area contributed by atoms with Crippen LogP contribution in [0.4, 0.5) is 11.4 Å². The number of aryl methyl sites for hydroxylation is 2. The van der Waals surface area contributed by atoms with Gasteiger partial charge < -0.3 is 15.1 Å². The molecule has 3 heterocycles. The average Bonchev–Trinajstić information content (AvgIpc) is 3.35. The number of anilines is 2. The zero-order valence-electron chi connectivity index (χ0n) is 21.3. The van der Waals surface area contributed by atoms with Crippen molar-refractivity contribution in [2.24, 2.45) is 7.05 Å². The van der Waals surface area contributed by atoms with E-state index in [0.29, 0.717) is 18.3 Å². The number of aromatic nitrogens is 4. The van der Waals surface area contributed by atoms with Crippen LogP contribution in [0.3, 0.4) is 0 Å². The van der Waals surface area contributed by atoms with Crippen LogP contribution in [-0.4, -0.2) is 87.8 Å². The van der Waals surface area contributed by atoms with Crippen molar-refractivity contribution >= 4 is 17.3 Å². The molecular weight excluding hydrogens is 452 g/mol. The Morgan fingerprint density at radius 2 is 1.64 bits per heavy atom. The molecule has 9 heteroatoms. The summed E-state index contributed by atoms with van der Waals surface area (Å²) in [6.45, 7) is 8.67. The van der Waals surface area contributed by atoms with Crippen LogP contribution in [0.5, 0.6) is 0 Å². The van der Waals surface area contributed by atoms with Gasteiger partial charge in [0.1, 0.15) is 0 Å². The zero-order valence-corrected chi connectivity index (χ0v) is 21.3. The van der Waals surface area contributed by atoms with Crippen molar-refractivity contribution in [3.63, 3.8) is 0 Å². The number of nitrogens with one attached hydrogen (secondary N) is 1. The van der Waals surface area contributed by atoms with E-state index in [1.165, 1.54) is 16.0 Å². The first-order valence-corrected chi connectivity index (χ1v) is 13.0. The van der Waals surface area contributed by atoms with Crippen LogP contribution in [0.25, 0.3) is 11.4 Å². The van der Waals surface area contributed by atoms with Crippen molar-refractivity contribution in [2.75, 3.05) is 56.0 Å². The van der Waals surface area contributed by atoms with Crippen LogP contribution in [0.1, 0.15) is 24.8 Å². The van der Waals surface area contributed by atoms with Gasteiger partial charge in [-0.15, -0.1) is 10.2 Å². The molecule has 0 unspecified atom stereocenters. The topological polar surface area (TPSA) is 82.4 Å². The van der Waals surface area contributed by atoms with Crippen molar-refractivity contribution in [1.29, 1.82) is 0 Å². The van der Waals surface area contributed by atoms with Gasteiger partial charge in [0, 0.05) is 75.2 Å². The fraction of sp³-hybridized carbons (Fsp3) is 0.481. The minimum atomic E-state index is 0.287. The van der Waals surface area contributed by atoms with Gasteiger partial charge in [0.05, 0.1) is 7.05 Å². The second kappa shape index (κ2) is 11.1. The molecule has 2 aliphatic rings. The van der Waals surface area contributed by atoms with Crippen LogP contribution in [0.15, 0.2) is 48.5 Å². The van der Waals surface area contributed by atoms with Crippen molar-refractivity contribution in [3.05, 3.63) is 54.1 Å². The normalized spacial score (nSPS) is 17.4. The molecule has 1 amide bonds. The molecule has 190 valence electrons. The maximum Gasteiger partial charge on any atom is 0.223 e. The second-order valence-corrected chi connectivity index (χ2v) is 9.89. The highest BCUT2D eigenvalue weighted by Gasteiger charge is 2.24. The van der Waals surface area contributed by atoms with Gasteiger partial charge in [-0.3, -0.25) is 9.69 Å². The number of tetrazole rings is 1. The van der Waals surface area contributed by atoms with E-state index in [1.807, 2.05) is 17.0 Å². The lowest BCUT2D eigenvalue weighted by atomic mass is 10.0. The van der Waals surface area contributed by atoms with E-state index >= 15 is 0 Å². The van der Waals surface area contributed by atoms with E-state index in [1.54, 1.807) is 7.05 Å². The van der Waals surface area contributed by atoms with E-state index in [0.717, 1.165) is 69.9 Å². The Hall–Kier alpha value is -3.46. The SMILES string of the molecule is Cc1ccc(N2CCN(CCC(=O)N3CCC(Nc4ccc(-c5nnn(C)n5)cc4)CC3)CC2)cc1. The van der Waals surface area contributed by atoms with Gasteiger partial charge in [-0.25, -0.2) is 0 Å². The minimum Gasteiger partial charge on any atom is -0.382 e. The first kappa shape index (κ1) is 24.2. The van der Waals surface area contributed by atoms with E-state index < -0.39 is 0 Å². The third-order valence-electron chi connectivity index (χ3n) is 7.28. The minimum absolute atomic E-state index is 0.287. The number of piperazine rings is 1. The molecule has 3 aromatic rings. The highest BCUT2D eigenvalue weighted by molar-refractivity contribution is 5.76. The summed E-state index contributed by atoms with van der Waals surface area (Å²) in [6, 6.07) is 17.3. The Kier molecular flexibility index (Phi) is 7.46. The number of rotatable bonds is 7. The molecular formula is C27H36N8O. The molecule has 2 saturated heterocycles. The Morgan fingerprint density at radius 1 is 0.944 bits per heavy atom. The van der Waals surface area contributed by atoms with E-state index in [2.05, 4.69) is 73.8 Å². The third-order valence-corrected chi connectivity index (χ3v) is 7.28. The van der Waals surface area contributed by atoms with Crippen LogP contribution in [-0.2, 0) is 11.8 Å². The molecule has 5 rings (SSSR count). The number of amides is 1. The number of hydrogen-bond acceptors (Lipinski definition) is 7. The predicted octanol–water partition coefficient (Wildman–Crippen LogP) is 2.80. The molecule has 0 aliphatic carbocycles. The quantitative estimate of drug-likeness (QED) is 0.548. The first-order chi connectivity index (χ1) is 17.5. The number of carbonyl (C=O) groups is 1. The van der Waals surface area contributed by atoms with Gasteiger partial charge in [-0.1, -0.05) is 17.7 Å². The van der Waals surface area contributed by atoms with Crippen molar-refractivity contribution in [1.82, 2.24) is 30.0 Å². The molecule has 0 atom stereocenters. The Labute approximate surface area is 213 Å². The van der Waals surface area contributed by atoms with Gasteiger partial charge in [0.15, 0.2) is 0 Å². The molecule has 1 aromatic heterocycles. The van der Waals surface area contributed by atoms with Crippen LogP contribution >= 0.6 is 0 Å². The molecule has 9 nitrogen and oxygen atoms in total. The van der Waals surface area contributed by atoms with Gasteiger partial charge in [0.2, 0.25) is 11.7 Å². The third kappa shape index (κ3) is 6.02. The fourth-order valence-corrected chi connectivity index (χ4v) is 5.02. The number of nitrogens with zero attached hydrogens (tertiary/aromatic N) is 7.